The molecule has 1 unspecified atom stereocenters. The van der Waals surface area contributed by atoms with Crippen molar-refractivity contribution in [1.82, 2.24) is 15.2 Å². The van der Waals surface area contributed by atoms with E-state index in [4.69, 9.17) is 0 Å². The Labute approximate surface area is 130 Å². The Bertz CT molecular complexity index is 561. The first-order valence-corrected chi connectivity index (χ1v) is 7.59. The molecule has 0 spiro atoms. The summed E-state index contributed by atoms with van der Waals surface area (Å²) in [4.78, 5) is 29.1. The number of carbonyl (C=O) groups excluding carboxylic acids is 1. The fourth-order valence-corrected chi connectivity index (χ4v) is 2.65. The second-order valence-electron chi connectivity index (χ2n) is 6.14. The monoisotopic (exact) mass is 305 g/mol. The van der Waals surface area contributed by atoms with E-state index in [0.29, 0.717) is 19.5 Å². The van der Waals surface area contributed by atoms with Gasteiger partial charge in [0.05, 0.1) is 5.41 Å². The number of hydrogen-bond acceptors (Lipinski definition) is 3. The summed E-state index contributed by atoms with van der Waals surface area (Å²) in [5.74, 6) is -0.839. The van der Waals surface area contributed by atoms with Crippen molar-refractivity contribution < 1.29 is 14.7 Å². The number of rotatable bonds is 5. The minimum atomic E-state index is -0.839. The van der Waals surface area contributed by atoms with Gasteiger partial charge in [-0.25, -0.2) is 4.79 Å². The van der Waals surface area contributed by atoms with Crippen molar-refractivity contribution in [2.24, 2.45) is 5.41 Å². The maximum absolute atomic E-state index is 12.0. The summed E-state index contributed by atoms with van der Waals surface area (Å²) in [5.41, 5.74) is 1.39. The summed E-state index contributed by atoms with van der Waals surface area (Å²) >= 11 is 0. The van der Waals surface area contributed by atoms with E-state index in [1.807, 2.05) is 19.1 Å². The van der Waals surface area contributed by atoms with Crippen molar-refractivity contribution in [2.45, 2.75) is 33.1 Å². The van der Waals surface area contributed by atoms with Gasteiger partial charge in [-0.05, 0) is 44.7 Å². The van der Waals surface area contributed by atoms with Gasteiger partial charge in [0.15, 0.2) is 0 Å². The molecule has 0 aliphatic carbocycles. The van der Waals surface area contributed by atoms with Crippen molar-refractivity contribution >= 4 is 12.0 Å². The number of nitrogens with one attached hydrogen (secondary N) is 1. The van der Waals surface area contributed by atoms with E-state index in [9.17, 15) is 14.7 Å². The lowest BCUT2D eigenvalue weighted by Gasteiger charge is -2.20. The first kappa shape index (κ1) is 16.3. The van der Waals surface area contributed by atoms with Crippen LogP contribution in [0.3, 0.4) is 0 Å². The van der Waals surface area contributed by atoms with E-state index in [1.165, 1.54) is 0 Å². The van der Waals surface area contributed by atoms with Crippen molar-refractivity contribution in [2.75, 3.05) is 19.6 Å². The molecule has 22 heavy (non-hydrogen) atoms. The zero-order valence-electron chi connectivity index (χ0n) is 13.1. The van der Waals surface area contributed by atoms with Crippen LogP contribution in [0.1, 0.15) is 31.0 Å². The van der Waals surface area contributed by atoms with Gasteiger partial charge >= 0.3 is 12.0 Å². The summed E-state index contributed by atoms with van der Waals surface area (Å²) in [6, 6.07) is 3.76. The van der Waals surface area contributed by atoms with Crippen LogP contribution in [0.2, 0.25) is 0 Å². The number of aromatic nitrogens is 1. The molecule has 1 saturated heterocycles. The van der Waals surface area contributed by atoms with Gasteiger partial charge in [0.2, 0.25) is 0 Å². The van der Waals surface area contributed by atoms with Crippen LogP contribution in [0.25, 0.3) is 0 Å². The van der Waals surface area contributed by atoms with Crippen molar-refractivity contribution in [3.8, 4) is 0 Å². The molecule has 6 nitrogen and oxygen atoms in total. The quantitative estimate of drug-likeness (QED) is 0.813. The highest BCUT2D eigenvalue weighted by molar-refractivity contribution is 5.79. The molecular weight excluding hydrogens is 282 g/mol. The molecule has 1 fully saturated rings. The Morgan fingerprint density at radius 1 is 1.50 bits per heavy atom. The molecule has 0 radical (unpaired) electrons. The van der Waals surface area contributed by atoms with E-state index < -0.39 is 11.4 Å². The molecule has 1 aliphatic heterocycles. The molecule has 0 bridgehead atoms. The zero-order valence-corrected chi connectivity index (χ0v) is 13.1. The topological polar surface area (TPSA) is 82.5 Å². The standard InChI is InChI=1S/C16H23N3O3/c1-12-5-3-8-17-13(12)6-4-9-18-15(22)19-10-7-16(2,11-19)14(20)21/h3,5,8H,4,6-7,9-11H2,1-2H3,(H,18,22)(H,20,21). The van der Waals surface area contributed by atoms with Crippen molar-refractivity contribution in [1.29, 1.82) is 0 Å². The SMILES string of the molecule is Cc1cccnc1CCCNC(=O)N1CCC(C)(C(=O)O)C1. The Morgan fingerprint density at radius 2 is 2.27 bits per heavy atom. The molecule has 0 saturated carbocycles. The molecule has 6 heteroatoms. The third-order valence-corrected chi connectivity index (χ3v) is 4.26. The lowest BCUT2D eigenvalue weighted by molar-refractivity contribution is -0.146. The van der Waals surface area contributed by atoms with Gasteiger partial charge in [-0.15, -0.1) is 0 Å². The van der Waals surface area contributed by atoms with Crippen LogP contribution in [-0.4, -0.2) is 46.6 Å². The summed E-state index contributed by atoms with van der Waals surface area (Å²) in [6.07, 6.45) is 3.91. The van der Waals surface area contributed by atoms with Gasteiger partial charge in [-0.3, -0.25) is 9.78 Å². The second kappa shape index (κ2) is 6.77. The zero-order chi connectivity index (χ0) is 16.2. The Kier molecular flexibility index (Phi) is 5.00. The summed E-state index contributed by atoms with van der Waals surface area (Å²) in [6.45, 7) is 5.04. The number of likely N-dealkylation sites (tertiary alicyclic amines) is 1. The molecule has 1 aromatic heterocycles. The molecule has 120 valence electrons. The van der Waals surface area contributed by atoms with Gasteiger partial charge in [-0.1, -0.05) is 6.07 Å². The largest absolute Gasteiger partial charge is 0.481 e. The molecule has 2 N–H and O–H groups in total. The number of aryl methyl sites for hydroxylation is 2. The Morgan fingerprint density at radius 3 is 2.91 bits per heavy atom. The Balaban J connectivity index is 1.73. The predicted molar refractivity (Wildman–Crippen MR) is 82.6 cm³/mol. The highest BCUT2D eigenvalue weighted by atomic mass is 16.4. The van der Waals surface area contributed by atoms with Crippen molar-refractivity contribution in [3.63, 3.8) is 0 Å². The number of hydrogen-bond donors (Lipinski definition) is 2. The molecular formula is C16H23N3O3. The molecule has 1 aliphatic rings. The van der Waals surface area contributed by atoms with E-state index in [0.717, 1.165) is 24.1 Å². The molecule has 2 amide bonds. The van der Waals surface area contributed by atoms with E-state index in [1.54, 1.807) is 18.0 Å². The van der Waals surface area contributed by atoms with Gasteiger partial charge in [-0.2, -0.15) is 0 Å². The maximum atomic E-state index is 12.0. The van der Waals surface area contributed by atoms with Crippen LogP contribution < -0.4 is 5.32 Å². The van der Waals surface area contributed by atoms with Crippen LogP contribution in [0.15, 0.2) is 18.3 Å². The summed E-state index contributed by atoms with van der Waals surface area (Å²) in [5, 5.41) is 12.0. The summed E-state index contributed by atoms with van der Waals surface area (Å²) in [7, 11) is 0. The van der Waals surface area contributed by atoms with E-state index in [-0.39, 0.29) is 12.6 Å². The maximum Gasteiger partial charge on any atom is 0.317 e. The molecule has 2 heterocycles. The normalized spacial score (nSPS) is 20.9. The van der Waals surface area contributed by atoms with Gasteiger partial charge in [0.25, 0.3) is 0 Å². The average Bonchev–Trinajstić information content (AvgIpc) is 2.89. The predicted octanol–water partition coefficient (Wildman–Crippen LogP) is 1.83. The fraction of sp³-hybridized carbons (Fsp3) is 0.562. The molecule has 0 aromatic carbocycles. The van der Waals surface area contributed by atoms with Gasteiger partial charge in [0, 0.05) is 31.5 Å². The van der Waals surface area contributed by atoms with E-state index >= 15 is 0 Å². The van der Waals surface area contributed by atoms with Gasteiger partial charge < -0.3 is 15.3 Å². The average molecular weight is 305 g/mol. The third-order valence-electron chi connectivity index (χ3n) is 4.26. The van der Waals surface area contributed by atoms with E-state index in [2.05, 4.69) is 10.3 Å². The highest BCUT2D eigenvalue weighted by Gasteiger charge is 2.42. The second-order valence-corrected chi connectivity index (χ2v) is 6.14. The van der Waals surface area contributed by atoms with Crippen LogP contribution in [-0.2, 0) is 11.2 Å². The summed E-state index contributed by atoms with van der Waals surface area (Å²) < 4.78 is 0. The number of urea groups is 1. The smallest absolute Gasteiger partial charge is 0.317 e. The van der Waals surface area contributed by atoms with Crippen LogP contribution in [0, 0.1) is 12.3 Å². The molecule has 2 rings (SSSR count). The number of nitrogens with zero attached hydrogens (tertiary/aromatic N) is 2. The molecule has 1 atom stereocenters. The lowest BCUT2D eigenvalue weighted by Crippen LogP contribution is -2.41. The van der Waals surface area contributed by atoms with Crippen LogP contribution in [0.5, 0.6) is 0 Å². The third kappa shape index (κ3) is 3.75. The number of carbonyl (C=O) groups is 2. The Hall–Kier alpha value is -2.11. The highest BCUT2D eigenvalue weighted by Crippen LogP contribution is 2.29. The fourth-order valence-electron chi connectivity index (χ4n) is 2.65. The van der Waals surface area contributed by atoms with Crippen molar-refractivity contribution in [3.05, 3.63) is 29.6 Å². The first-order valence-electron chi connectivity index (χ1n) is 7.59. The number of pyridine rings is 1. The van der Waals surface area contributed by atoms with Crippen LogP contribution >= 0.6 is 0 Å². The van der Waals surface area contributed by atoms with Gasteiger partial charge in [0.1, 0.15) is 0 Å². The number of carboxylic acid groups (broad SMARTS) is 1. The first-order chi connectivity index (χ1) is 10.4. The minimum absolute atomic E-state index is 0.178. The minimum Gasteiger partial charge on any atom is -0.481 e. The molecule has 1 aromatic rings. The number of aliphatic carboxylic acids is 1. The van der Waals surface area contributed by atoms with Crippen LogP contribution in [0.4, 0.5) is 4.79 Å². The lowest BCUT2D eigenvalue weighted by atomic mass is 9.90. The number of amides is 2. The number of carboxylic acids is 1.